The van der Waals surface area contributed by atoms with Crippen molar-refractivity contribution in [3.63, 3.8) is 0 Å². The van der Waals surface area contributed by atoms with Crippen LogP contribution in [0.1, 0.15) is 56.1 Å². The molecule has 2 heterocycles. The molecule has 2 atom stereocenters. The van der Waals surface area contributed by atoms with Crippen molar-refractivity contribution in [2.24, 2.45) is 5.92 Å². The average molecular weight is 298 g/mol. The Balaban J connectivity index is 1.76. The molecule has 22 heavy (non-hydrogen) atoms. The maximum Gasteiger partial charge on any atom is 0.219 e. The van der Waals surface area contributed by atoms with Crippen LogP contribution in [0.15, 0.2) is 18.2 Å². The number of hydrogen-bond acceptors (Lipinski definition) is 2. The summed E-state index contributed by atoms with van der Waals surface area (Å²) in [5.74, 6) is 1.76. The molecule has 0 bridgehead atoms. The van der Waals surface area contributed by atoms with Gasteiger partial charge in [-0.3, -0.25) is 4.79 Å². The van der Waals surface area contributed by atoms with Gasteiger partial charge in [0.25, 0.3) is 0 Å². The van der Waals surface area contributed by atoms with Gasteiger partial charge in [-0.25, -0.2) is 0 Å². The molecule has 0 spiro atoms. The standard InChI is InChI=1S/C19H26N2O/c1-14(22)20-10-11-21-12-15-6-3-2-4-8-17(15)18-9-5-7-16(13-20)19(18)21/h5,7,9,15,17H,2-4,6,8,10-13H2,1H3/t15-,17-/m0/s1. The van der Waals surface area contributed by atoms with Crippen molar-refractivity contribution >= 4 is 11.6 Å². The molecule has 1 fully saturated rings. The van der Waals surface area contributed by atoms with Crippen LogP contribution in [0.5, 0.6) is 0 Å². The number of amides is 1. The maximum atomic E-state index is 11.9. The van der Waals surface area contributed by atoms with Gasteiger partial charge in [0.1, 0.15) is 0 Å². The summed E-state index contributed by atoms with van der Waals surface area (Å²) in [6.45, 7) is 5.53. The van der Waals surface area contributed by atoms with Crippen LogP contribution in [0.4, 0.5) is 5.69 Å². The van der Waals surface area contributed by atoms with E-state index in [1.807, 2.05) is 4.90 Å². The molecular weight excluding hydrogens is 272 g/mol. The summed E-state index contributed by atoms with van der Waals surface area (Å²) in [4.78, 5) is 16.4. The molecule has 1 amide bonds. The highest BCUT2D eigenvalue weighted by molar-refractivity contribution is 5.74. The highest BCUT2D eigenvalue weighted by Crippen LogP contribution is 2.47. The quantitative estimate of drug-likeness (QED) is 0.731. The summed E-state index contributed by atoms with van der Waals surface area (Å²) < 4.78 is 0. The van der Waals surface area contributed by atoms with Crippen LogP contribution in [0.2, 0.25) is 0 Å². The second-order valence-electron chi connectivity index (χ2n) is 7.25. The van der Waals surface area contributed by atoms with Crippen LogP contribution in [-0.2, 0) is 11.3 Å². The van der Waals surface area contributed by atoms with E-state index in [9.17, 15) is 4.79 Å². The number of carbonyl (C=O) groups excluding carboxylic acids is 1. The summed E-state index contributed by atoms with van der Waals surface area (Å²) in [7, 11) is 0. The molecular formula is C19H26N2O. The van der Waals surface area contributed by atoms with Gasteiger partial charge in [-0.1, -0.05) is 37.5 Å². The van der Waals surface area contributed by atoms with E-state index in [-0.39, 0.29) is 5.91 Å². The van der Waals surface area contributed by atoms with Crippen LogP contribution in [0.25, 0.3) is 0 Å². The first kappa shape index (κ1) is 14.1. The van der Waals surface area contributed by atoms with E-state index < -0.39 is 0 Å². The van der Waals surface area contributed by atoms with Crippen LogP contribution in [0.3, 0.4) is 0 Å². The van der Waals surface area contributed by atoms with Crippen molar-refractivity contribution < 1.29 is 4.79 Å². The largest absolute Gasteiger partial charge is 0.369 e. The molecule has 1 aromatic carbocycles. The van der Waals surface area contributed by atoms with Gasteiger partial charge in [-0.05, 0) is 35.8 Å². The minimum Gasteiger partial charge on any atom is -0.369 e. The van der Waals surface area contributed by atoms with E-state index in [1.165, 1.54) is 49.9 Å². The molecule has 0 aromatic heterocycles. The third-order valence-corrected chi connectivity index (χ3v) is 5.93. The van der Waals surface area contributed by atoms with E-state index in [4.69, 9.17) is 0 Å². The Kier molecular flexibility index (Phi) is 3.59. The fourth-order valence-corrected chi connectivity index (χ4v) is 4.81. The van der Waals surface area contributed by atoms with Crippen LogP contribution in [-0.4, -0.2) is 30.4 Å². The lowest BCUT2D eigenvalue weighted by molar-refractivity contribution is -0.129. The number of fused-ring (bicyclic) bond motifs is 2. The van der Waals surface area contributed by atoms with E-state index in [2.05, 4.69) is 23.1 Å². The van der Waals surface area contributed by atoms with Gasteiger partial charge in [0.2, 0.25) is 5.91 Å². The molecule has 0 radical (unpaired) electrons. The van der Waals surface area contributed by atoms with E-state index >= 15 is 0 Å². The van der Waals surface area contributed by atoms with Crippen molar-refractivity contribution in [2.45, 2.75) is 51.5 Å². The zero-order chi connectivity index (χ0) is 15.1. The summed E-state index contributed by atoms with van der Waals surface area (Å²) >= 11 is 0. The zero-order valence-electron chi connectivity index (χ0n) is 13.6. The summed E-state index contributed by atoms with van der Waals surface area (Å²) in [6, 6.07) is 6.80. The smallest absolute Gasteiger partial charge is 0.219 e. The second kappa shape index (κ2) is 5.60. The second-order valence-corrected chi connectivity index (χ2v) is 7.25. The van der Waals surface area contributed by atoms with Crippen molar-refractivity contribution in [3.05, 3.63) is 29.3 Å². The molecule has 3 aliphatic rings. The third kappa shape index (κ3) is 2.31. The lowest BCUT2D eigenvalue weighted by Gasteiger charge is -2.41. The van der Waals surface area contributed by atoms with Gasteiger partial charge in [-0.15, -0.1) is 0 Å². The first-order valence-corrected chi connectivity index (χ1v) is 8.86. The molecule has 4 rings (SSSR count). The van der Waals surface area contributed by atoms with Gasteiger partial charge < -0.3 is 9.80 Å². The Bertz CT molecular complexity index is 583. The Morgan fingerprint density at radius 2 is 2.00 bits per heavy atom. The lowest BCUT2D eigenvalue weighted by atomic mass is 9.77. The summed E-state index contributed by atoms with van der Waals surface area (Å²) in [5.41, 5.74) is 4.39. The predicted octanol–water partition coefficient (Wildman–Crippen LogP) is 3.53. The van der Waals surface area contributed by atoms with Gasteiger partial charge in [0, 0.05) is 38.8 Å². The maximum absolute atomic E-state index is 11.9. The topological polar surface area (TPSA) is 23.6 Å². The number of rotatable bonds is 0. The molecule has 0 unspecified atom stereocenters. The third-order valence-electron chi connectivity index (χ3n) is 5.93. The monoisotopic (exact) mass is 298 g/mol. The zero-order valence-corrected chi connectivity index (χ0v) is 13.6. The molecule has 0 N–H and O–H groups in total. The molecule has 1 aliphatic carbocycles. The Morgan fingerprint density at radius 3 is 2.86 bits per heavy atom. The lowest BCUT2D eigenvalue weighted by Crippen LogP contribution is -2.40. The van der Waals surface area contributed by atoms with Gasteiger partial charge >= 0.3 is 0 Å². The number of nitrogens with zero attached hydrogens (tertiary/aromatic N) is 2. The Labute approximate surface area is 133 Å². The number of para-hydroxylation sites is 1. The molecule has 118 valence electrons. The fraction of sp³-hybridized carbons (Fsp3) is 0.632. The highest BCUT2D eigenvalue weighted by Gasteiger charge is 2.36. The van der Waals surface area contributed by atoms with E-state index in [0.29, 0.717) is 0 Å². The number of benzene rings is 1. The first-order chi connectivity index (χ1) is 10.7. The Hall–Kier alpha value is -1.51. The molecule has 1 saturated carbocycles. The van der Waals surface area contributed by atoms with Crippen LogP contribution >= 0.6 is 0 Å². The van der Waals surface area contributed by atoms with Crippen molar-refractivity contribution in [1.29, 1.82) is 0 Å². The van der Waals surface area contributed by atoms with Crippen molar-refractivity contribution in [2.75, 3.05) is 24.5 Å². The molecule has 3 nitrogen and oxygen atoms in total. The van der Waals surface area contributed by atoms with Crippen LogP contribution < -0.4 is 4.90 Å². The van der Waals surface area contributed by atoms with E-state index in [0.717, 1.165) is 31.5 Å². The Morgan fingerprint density at radius 1 is 1.14 bits per heavy atom. The first-order valence-electron chi connectivity index (χ1n) is 8.86. The van der Waals surface area contributed by atoms with Crippen LogP contribution in [0, 0.1) is 5.92 Å². The fourth-order valence-electron chi connectivity index (χ4n) is 4.81. The number of carbonyl (C=O) groups is 1. The van der Waals surface area contributed by atoms with Crippen molar-refractivity contribution in [1.82, 2.24) is 4.90 Å². The molecule has 1 aromatic rings. The molecule has 2 aliphatic heterocycles. The van der Waals surface area contributed by atoms with E-state index in [1.54, 1.807) is 12.5 Å². The number of hydrogen-bond donors (Lipinski definition) is 0. The van der Waals surface area contributed by atoms with Gasteiger partial charge in [0.05, 0.1) is 0 Å². The summed E-state index contributed by atoms with van der Waals surface area (Å²) in [5, 5.41) is 0. The van der Waals surface area contributed by atoms with Crippen molar-refractivity contribution in [3.8, 4) is 0 Å². The van der Waals surface area contributed by atoms with Gasteiger partial charge in [0.15, 0.2) is 0 Å². The predicted molar refractivity (Wildman–Crippen MR) is 89.1 cm³/mol. The van der Waals surface area contributed by atoms with Gasteiger partial charge in [-0.2, -0.15) is 0 Å². The molecule has 3 heteroatoms. The average Bonchev–Trinajstić information content (AvgIpc) is 2.85. The normalized spacial score (nSPS) is 27.5. The molecule has 0 saturated heterocycles. The minimum absolute atomic E-state index is 0.201. The summed E-state index contributed by atoms with van der Waals surface area (Å²) in [6.07, 6.45) is 6.90. The minimum atomic E-state index is 0.201. The number of anilines is 1. The highest BCUT2D eigenvalue weighted by atomic mass is 16.2. The SMILES string of the molecule is CC(=O)N1CCN2C[C@@H]3CCCCC[C@@H]3c3cccc(c32)C1.